The first kappa shape index (κ1) is 55.0. The lowest BCUT2D eigenvalue weighted by atomic mass is 10.1. The molecule has 8 nitrogen and oxygen atoms in total. The monoisotopic (exact) mass is 815 g/mol. The van der Waals surface area contributed by atoms with E-state index >= 15 is 0 Å². The van der Waals surface area contributed by atoms with Crippen molar-refractivity contribution in [1.29, 1.82) is 0 Å². The summed E-state index contributed by atoms with van der Waals surface area (Å²) in [5, 5.41) is 9.62. The molecule has 0 fully saturated rings. The molecule has 1 N–H and O–H groups in total. The van der Waals surface area contributed by atoms with Gasteiger partial charge in [-0.3, -0.25) is 9.59 Å². The summed E-state index contributed by atoms with van der Waals surface area (Å²) < 4.78 is 17.3. The van der Waals surface area contributed by atoms with Crippen LogP contribution in [0.4, 0.5) is 0 Å². The maximum absolute atomic E-state index is 12.7. The maximum Gasteiger partial charge on any atom is 0.362 e. The summed E-state index contributed by atoms with van der Waals surface area (Å²) in [7, 11) is 5.52. The van der Waals surface area contributed by atoms with Gasteiger partial charge >= 0.3 is 17.9 Å². The molecular weight excluding hydrogens is 727 g/mol. The van der Waals surface area contributed by atoms with Crippen molar-refractivity contribution < 1.29 is 38.2 Å². The summed E-state index contributed by atoms with van der Waals surface area (Å²) in [6.07, 6.45) is 49.8. The fraction of sp³-hybridized carbons (Fsp3) is 0.740. The third-order valence-electron chi connectivity index (χ3n) is 10.2. The van der Waals surface area contributed by atoms with Gasteiger partial charge < -0.3 is 23.8 Å². The van der Waals surface area contributed by atoms with E-state index in [1.807, 2.05) is 21.1 Å². The number of aliphatic carboxylic acids is 1. The number of carbonyl (C=O) groups excluding carboxylic acids is 2. The number of hydrogen-bond acceptors (Lipinski definition) is 6. The summed E-state index contributed by atoms with van der Waals surface area (Å²) in [6.45, 7) is 4.57. The SMILES string of the molecule is CC/C=C/C/C=C/CCCCCCCC(=O)OC(COCCC(C(=O)O)[N+](C)(C)C)COC(=O)CCCCCCCCCCC/C=C/C/C=C/C/C=C/CCCCC. The van der Waals surface area contributed by atoms with Crippen LogP contribution in [0.15, 0.2) is 60.8 Å². The Balaban J connectivity index is 4.26. The molecule has 58 heavy (non-hydrogen) atoms. The van der Waals surface area contributed by atoms with Crippen LogP contribution in [-0.4, -0.2) is 80.6 Å². The van der Waals surface area contributed by atoms with E-state index in [4.69, 9.17) is 14.2 Å². The van der Waals surface area contributed by atoms with Gasteiger partial charge in [0.25, 0.3) is 0 Å². The molecule has 0 saturated carbocycles. The average molecular weight is 815 g/mol. The van der Waals surface area contributed by atoms with Crippen LogP contribution >= 0.6 is 0 Å². The molecule has 0 amide bonds. The lowest BCUT2D eigenvalue weighted by molar-refractivity contribution is -0.887. The molecule has 0 radical (unpaired) electrons. The number of likely N-dealkylation sites (N-methyl/N-ethyl adjacent to an activating group) is 1. The predicted octanol–water partition coefficient (Wildman–Crippen LogP) is 13.0. The van der Waals surface area contributed by atoms with Crippen molar-refractivity contribution in [3.8, 4) is 0 Å². The smallest absolute Gasteiger partial charge is 0.362 e. The van der Waals surface area contributed by atoms with Gasteiger partial charge in [0, 0.05) is 19.3 Å². The molecule has 0 aromatic rings. The van der Waals surface area contributed by atoms with Crippen LogP contribution in [0.1, 0.15) is 187 Å². The zero-order valence-electron chi connectivity index (χ0n) is 38.0. The Morgan fingerprint density at radius 3 is 1.43 bits per heavy atom. The maximum atomic E-state index is 12.7. The topological polar surface area (TPSA) is 99.1 Å². The van der Waals surface area contributed by atoms with E-state index in [1.54, 1.807) is 0 Å². The molecule has 0 aromatic heterocycles. The minimum Gasteiger partial charge on any atom is -0.477 e. The number of rotatable bonds is 41. The van der Waals surface area contributed by atoms with Crippen LogP contribution in [0.5, 0.6) is 0 Å². The van der Waals surface area contributed by atoms with Crippen molar-refractivity contribution in [2.45, 2.75) is 199 Å². The number of carboxylic acid groups (broad SMARTS) is 1. The first-order chi connectivity index (χ1) is 28.1. The van der Waals surface area contributed by atoms with E-state index in [0.29, 0.717) is 19.3 Å². The number of ether oxygens (including phenoxy) is 3. The third-order valence-corrected chi connectivity index (χ3v) is 10.2. The summed E-state index contributed by atoms with van der Waals surface area (Å²) in [5.41, 5.74) is 0. The molecule has 0 aliphatic carbocycles. The van der Waals surface area contributed by atoms with E-state index in [0.717, 1.165) is 89.9 Å². The summed E-state index contributed by atoms with van der Waals surface area (Å²) in [5.74, 6) is -1.50. The molecule has 2 atom stereocenters. The van der Waals surface area contributed by atoms with Gasteiger partial charge in [-0.05, 0) is 77.0 Å². The Hall–Kier alpha value is -2.97. The summed E-state index contributed by atoms with van der Waals surface area (Å²) >= 11 is 0. The number of hydrogen-bond donors (Lipinski definition) is 1. The summed E-state index contributed by atoms with van der Waals surface area (Å²) in [6, 6.07) is -0.619. The highest BCUT2D eigenvalue weighted by atomic mass is 16.6. The molecule has 8 heteroatoms. The Kier molecular flexibility index (Phi) is 38.7. The van der Waals surface area contributed by atoms with Crippen molar-refractivity contribution in [1.82, 2.24) is 0 Å². The van der Waals surface area contributed by atoms with Gasteiger partial charge in [-0.2, -0.15) is 0 Å². The van der Waals surface area contributed by atoms with Crippen molar-refractivity contribution in [2.75, 3.05) is 41.0 Å². The number of allylic oxidation sites excluding steroid dienone is 10. The second kappa shape index (κ2) is 40.8. The molecule has 0 aliphatic heterocycles. The van der Waals surface area contributed by atoms with Gasteiger partial charge in [0.1, 0.15) is 6.61 Å². The number of carbonyl (C=O) groups is 3. The molecule has 0 aromatic carbocycles. The van der Waals surface area contributed by atoms with E-state index in [1.165, 1.54) is 64.2 Å². The Morgan fingerprint density at radius 1 is 0.534 bits per heavy atom. The van der Waals surface area contributed by atoms with E-state index in [2.05, 4.69) is 74.6 Å². The van der Waals surface area contributed by atoms with Crippen molar-refractivity contribution in [3.63, 3.8) is 0 Å². The van der Waals surface area contributed by atoms with E-state index < -0.39 is 18.1 Å². The van der Waals surface area contributed by atoms with E-state index in [9.17, 15) is 19.5 Å². The van der Waals surface area contributed by atoms with Crippen LogP contribution in [0.3, 0.4) is 0 Å². The molecule has 0 bridgehead atoms. The molecule has 0 aliphatic rings. The first-order valence-electron chi connectivity index (χ1n) is 23.3. The molecule has 0 heterocycles. The lowest BCUT2D eigenvalue weighted by Gasteiger charge is -2.31. The molecule has 0 saturated heterocycles. The first-order valence-corrected chi connectivity index (χ1v) is 23.3. The fourth-order valence-corrected chi connectivity index (χ4v) is 6.55. The van der Waals surface area contributed by atoms with Crippen LogP contribution in [0, 0.1) is 0 Å². The second-order valence-electron chi connectivity index (χ2n) is 16.6. The largest absolute Gasteiger partial charge is 0.477 e. The Bertz CT molecular complexity index is 1130. The highest BCUT2D eigenvalue weighted by molar-refractivity contribution is 5.72. The van der Waals surface area contributed by atoms with Gasteiger partial charge in [0.15, 0.2) is 12.1 Å². The quantitative estimate of drug-likeness (QED) is 0.0284. The number of quaternary nitrogens is 1. The Labute approximate surface area is 356 Å². The molecule has 0 spiro atoms. The normalized spacial score (nSPS) is 13.5. The second-order valence-corrected chi connectivity index (χ2v) is 16.6. The minimum atomic E-state index is -0.880. The van der Waals surface area contributed by atoms with Gasteiger partial charge in [0.2, 0.25) is 0 Å². The van der Waals surface area contributed by atoms with E-state index in [-0.39, 0.29) is 36.2 Å². The van der Waals surface area contributed by atoms with Gasteiger partial charge in [0.05, 0.1) is 34.4 Å². The Morgan fingerprint density at radius 2 is 0.966 bits per heavy atom. The standard InChI is InChI=1S/C50H87NO7/c1-6-8-10-12-14-16-18-20-21-22-23-24-25-26-27-28-29-31-32-34-36-38-40-48(52)57-45-46(44-56-43-42-47(50(54)55)51(3,4)5)58-49(53)41-39-37-35-33-30-19-17-15-13-11-9-7-2/h9,11,14-17,20-21,23-24,46-47H,6-8,10,12-13,18-19,22,25-45H2,1-5H3/p+1/b11-9+,16-14+,17-15+,21-20+,24-23+. The van der Waals surface area contributed by atoms with Gasteiger partial charge in [-0.25, -0.2) is 4.79 Å². The molecule has 2 unspecified atom stereocenters. The average Bonchev–Trinajstić information content (AvgIpc) is 3.18. The number of carboxylic acids is 1. The number of nitrogens with zero attached hydrogens (tertiary/aromatic N) is 1. The predicted molar refractivity (Wildman–Crippen MR) is 243 cm³/mol. The van der Waals surface area contributed by atoms with Crippen LogP contribution < -0.4 is 0 Å². The zero-order valence-corrected chi connectivity index (χ0v) is 38.0. The summed E-state index contributed by atoms with van der Waals surface area (Å²) in [4.78, 5) is 37.0. The van der Waals surface area contributed by atoms with Crippen molar-refractivity contribution in [2.24, 2.45) is 0 Å². The van der Waals surface area contributed by atoms with Crippen molar-refractivity contribution in [3.05, 3.63) is 60.8 Å². The van der Waals surface area contributed by atoms with Gasteiger partial charge in [-0.1, -0.05) is 152 Å². The highest BCUT2D eigenvalue weighted by Crippen LogP contribution is 2.14. The lowest BCUT2D eigenvalue weighted by Crippen LogP contribution is -2.50. The van der Waals surface area contributed by atoms with Crippen molar-refractivity contribution >= 4 is 17.9 Å². The van der Waals surface area contributed by atoms with Crippen LogP contribution in [0.2, 0.25) is 0 Å². The molecular formula is C50H88NO7+. The minimum absolute atomic E-state index is 0.0517. The van der Waals surface area contributed by atoms with Crippen LogP contribution in [0.25, 0.3) is 0 Å². The number of esters is 2. The molecule has 334 valence electrons. The van der Waals surface area contributed by atoms with Gasteiger partial charge in [-0.15, -0.1) is 0 Å². The highest BCUT2D eigenvalue weighted by Gasteiger charge is 2.31. The fourth-order valence-electron chi connectivity index (χ4n) is 6.55. The van der Waals surface area contributed by atoms with Crippen LogP contribution in [-0.2, 0) is 28.6 Å². The molecule has 0 rings (SSSR count). The third kappa shape index (κ3) is 38.5. The number of unbranched alkanes of at least 4 members (excludes halogenated alkanes) is 17. The zero-order chi connectivity index (χ0) is 42.8.